The van der Waals surface area contributed by atoms with Crippen LogP contribution in [0.4, 0.5) is 5.69 Å². The van der Waals surface area contributed by atoms with Crippen LogP contribution in [-0.2, 0) is 0 Å². The largest absolute Gasteiger partial charge is 0.491 e. The number of nitrogens with one attached hydrogen (secondary N) is 2. The number of benzene rings is 2. The molecule has 0 bridgehead atoms. The fourth-order valence-electron chi connectivity index (χ4n) is 3.35. The van der Waals surface area contributed by atoms with Crippen LogP contribution in [0.25, 0.3) is 0 Å². The summed E-state index contributed by atoms with van der Waals surface area (Å²) < 4.78 is 11.9. The van der Waals surface area contributed by atoms with Gasteiger partial charge in [-0.2, -0.15) is 0 Å². The minimum Gasteiger partial charge on any atom is -0.491 e. The second-order valence-corrected chi connectivity index (χ2v) is 8.36. The predicted octanol–water partition coefficient (Wildman–Crippen LogP) is 5.37. The van der Waals surface area contributed by atoms with Crippen molar-refractivity contribution in [3.05, 3.63) is 53.6 Å². The molecule has 4 nitrogen and oxygen atoms in total. The van der Waals surface area contributed by atoms with Crippen LogP contribution in [0.3, 0.4) is 0 Å². The third-order valence-corrected chi connectivity index (χ3v) is 4.61. The lowest BCUT2D eigenvalue weighted by atomic mass is 9.89. The third-order valence-electron chi connectivity index (χ3n) is 4.39. The van der Waals surface area contributed by atoms with E-state index in [1.165, 1.54) is 5.56 Å². The molecule has 1 atom stereocenters. The average Bonchev–Trinajstić information content (AvgIpc) is 2.54. The zero-order valence-electron chi connectivity index (χ0n) is 16.6. The van der Waals surface area contributed by atoms with E-state index >= 15 is 0 Å². The van der Waals surface area contributed by atoms with Gasteiger partial charge < -0.3 is 20.1 Å². The van der Waals surface area contributed by atoms with Crippen LogP contribution in [-0.4, -0.2) is 16.8 Å². The van der Waals surface area contributed by atoms with Gasteiger partial charge in [0, 0.05) is 23.7 Å². The quantitative estimate of drug-likeness (QED) is 0.694. The lowest BCUT2D eigenvalue weighted by Crippen LogP contribution is -2.42. The van der Waals surface area contributed by atoms with Crippen LogP contribution in [0.1, 0.15) is 51.3 Å². The van der Waals surface area contributed by atoms with Gasteiger partial charge >= 0.3 is 0 Å². The number of aryl methyl sites for hydroxylation is 1. The molecule has 0 amide bonds. The Balaban J connectivity index is 1.73. The Morgan fingerprint density at radius 2 is 2.00 bits per heavy atom. The Hall–Kier alpha value is -2.27. The normalized spacial score (nSPS) is 17.6. The van der Waals surface area contributed by atoms with Crippen LogP contribution in [0, 0.1) is 6.92 Å². The van der Waals surface area contributed by atoms with Gasteiger partial charge in [0.25, 0.3) is 0 Å². The Morgan fingerprint density at radius 3 is 2.74 bits per heavy atom. The highest BCUT2D eigenvalue weighted by Gasteiger charge is 2.34. The molecule has 27 heavy (non-hydrogen) atoms. The van der Waals surface area contributed by atoms with Crippen molar-refractivity contribution in [3.63, 3.8) is 0 Å². The van der Waals surface area contributed by atoms with Gasteiger partial charge in [0.1, 0.15) is 17.1 Å². The highest BCUT2D eigenvalue weighted by Crippen LogP contribution is 2.39. The number of anilines is 1. The van der Waals surface area contributed by atoms with Gasteiger partial charge in [0.15, 0.2) is 5.11 Å². The fourth-order valence-corrected chi connectivity index (χ4v) is 3.61. The SMILES string of the molecule is Cc1ccc2c(c1)C(NC(=S)Nc1cccc(OC(C)C)c1)CC(C)(C)O2. The van der Waals surface area contributed by atoms with E-state index in [9.17, 15) is 0 Å². The molecule has 1 heterocycles. The Bertz CT molecular complexity index is 833. The van der Waals surface area contributed by atoms with E-state index in [2.05, 4.69) is 43.5 Å². The fraction of sp³-hybridized carbons (Fsp3) is 0.409. The maximum atomic E-state index is 6.14. The summed E-state index contributed by atoms with van der Waals surface area (Å²) >= 11 is 5.58. The molecular formula is C22H28N2O2S. The molecule has 0 radical (unpaired) electrons. The maximum absolute atomic E-state index is 6.14. The van der Waals surface area contributed by atoms with Crippen molar-refractivity contribution in [2.24, 2.45) is 0 Å². The van der Waals surface area contributed by atoms with Crippen molar-refractivity contribution in [1.29, 1.82) is 0 Å². The first-order valence-electron chi connectivity index (χ1n) is 9.36. The average molecular weight is 385 g/mol. The van der Waals surface area contributed by atoms with E-state index in [-0.39, 0.29) is 17.7 Å². The second kappa shape index (κ2) is 7.77. The van der Waals surface area contributed by atoms with Gasteiger partial charge in [-0.3, -0.25) is 0 Å². The van der Waals surface area contributed by atoms with Gasteiger partial charge in [0.2, 0.25) is 0 Å². The minimum absolute atomic E-state index is 0.0961. The molecular weight excluding hydrogens is 356 g/mol. The summed E-state index contributed by atoms with van der Waals surface area (Å²) in [4.78, 5) is 0. The van der Waals surface area contributed by atoms with Gasteiger partial charge in [0.05, 0.1) is 12.1 Å². The van der Waals surface area contributed by atoms with Crippen molar-refractivity contribution >= 4 is 23.0 Å². The number of hydrogen-bond acceptors (Lipinski definition) is 3. The van der Waals surface area contributed by atoms with Gasteiger partial charge in [-0.25, -0.2) is 0 Å². The maximum Gasteiger partial charge on any atom is 0.171 e. The van der Waals surface area contributed by atoms with Crippen molar-refractivity contribution in [2.75, 3.05) is 5.32 Å². The van der Waals surface area contributed by atoms with E-state index in [1.807, 2.05) is 44.2 Å². The minimum atomic E-state index is -0.249. The molecule has 0 saturated carbocycles. The summed E-state index contributed by atoms with van der Waals surface area (Å²) in [6.07, 6.45) is 0.969. The molecule has 1 aliphatic rings. The lowest BCUT2D eigenvalue weighted by molar-refractivity contribution is 0.0696. The van der Waals surface area contributed by atoms with Crippen LogP contribution >= 0.6 is 12.2 Å². The molecule has 0 saturated heterocycles. The lowest BCUT2D eigenvalue weighted by Gasteiger charge is -2.38. The zero-order chi connectivity index (χ0) is 19.6. The van der Waals surface area contributed by atoms with Crippen molar-refractivity contribution in [3.8, 4) is 11.5 Å². The van der Waals surface area contributed by atoms with E-state index in [1.54, 1.807) is 0 Å². The summed E-state index contributed by atoms with van der Waals surface area (Å²) in [5.74, 6) is 1.75. The Kier molecular flexibility index (Phi) is 5.61. The summed E-state index contributed by atoms with van der Waals surface area (Å²) in [5.41, 5.74) is 3.01. The van der Waals surface area contributed by atoms with Gasteiger partial charge in [-0.05, 0) is 65.0 Å². The molecule has 2 N–H and O–H groups in total. The molecule has 2 aromatic carbocycles. The molecule has 144 valence electrons. The first-order chi connectivity index (χ1) is 12.7. The van der Waals surface area contributed by atoms with Crippen LogP contribution in [0.2, 0.25) is 0 Å². The van der Waals surface area contributed by atoms with E-state index < -0.39 is 0 Å². The summed E-state index contributed by atoms with van der Waals surface area (Å²) in [7, 11) is 0. The topological polar surface area (TPSA) is 42.5 Å². The molecule has 1 unspecified atom stereocenters. The standard InChI is InChI=1S/C22H28N2O2S/c1-14(2)25-17-8-6-7-16(12-17)23-21(27)24-19-13-22(4,5)26-20-10-9-15(3)11-18(19)20/h6-12,14,19H,13H2,1-5H3,(H2,23,24,27). The number of rotatable bonds is 4. The molecule has 0 aromatic heterocycles. The van der Waals surface area contributed by atoms with Crippen molar-refractivity contribution < 1.29 is 9.47 Å². The van der Waals surface area contributed by atoms with E-state index in [0.717, 1.165) is 29.2 Å². The van der Waals surface area contributed by atoms with Gasteiger partial charge in [-0.1, -0.05) is 23.8 Å². The Labute approximate surface area is 167 Å². The summed E-state index contributed by atoms with van der Waals surface area (Å²) in [6, 6.07) is 14.2. The van der Waals surface area contributed by atoms with Crippen molar-refractivity contribution in [1.82, 2.24) is 5.32 Å². The Morgan fingerprint density at radius 1 is 1.22 bits per heavy atom. The zero-order valence-corrected chi connectivity index (χ0v) is 17.4. The number of fused-ring (bicyclic) bond motifs is 1. The van der Waals surface area contributed by atoms with Crippen molar-refractivity contribution in [2.45, 2.75) is 58.8 Å². The highest BCUT2D eigenvalue weighted by atomic mass is 32.1. The molecule has 0 aliphatic carbocycles. The highest BCUT2D eigenvalue weighted by molar-refractivity contribution is 7.80. The molecule has 5 heteroatoms. The smallest absolute Gasteiger partial charge is 0.171 e. The first-order valence-corrected chi connectivity index (χ1v) is 9.76. The monoisotopic (exact) mass is 384 g/mol. The molecule has 1 aliphatic heterocycles. The number of ether oxygens (including phenoxy) is 2. The molecule has 2 aromatic rings. The van der Waals surface area contributed by atoms with Crippen LogP contribution < -0.4 is 20.1 Å². The second-order valence-electron chi connectivity index (χ2n) is 7.95. The first kappa shape index (κ1) is 19.5. The van der Waals surface area contributed by atoms with E-state index in [4.69, 9.17) is 21.7 Å². The third kappa shape index (κ3) is 5.13. The molecule has 0 spiro atoms. The van der Waals surface area contributed by atoms with E-state index in [0.29, 0.717) is 5.11 Å². The summed E-state index contributed by atoms with van der Waals surface area (Å²) in [6.45, 7) is 10.3. The van der Waals surface area contributed by atoms with Crippen LogP contribution in [0.15, 0.2) is 42.5 Å². The van der Waals surface area contributed by atoms with Crippen LogP contribution in [0.5, 0.6) is 11.5 Å². The number of thiocarbonyl (C=S) groups is 1. The number of hydrogen-bond donors (Lipinski definition) is 2. The molecule has 3 rings (SSSR count). The predicted molar refractivity (Wildman–Crippen MR) is 115 cm³/mol. The van der Waals surface area contributed by atoms with Gasteiger partial charge in [-0.15, -0.1) is 0 Å². The summed E-state index contributed by atoms with van der Waals surface area (Å²) in [5, 5.41) is 7.33. The molecule has 0 fully saturated rings.